The van der Waals surface area contributed by atoms with Gasteiger partial charge in [-0.05, 0) is 29.2 Å². The quantitative estimate of drug-likeness (QED) is 0.820. The number of halogens is 1. The molecule has 24 heavy (non-hydrogen) atoms. The van der Waals surface area contributed by atoms with E-state index in [1.807, 2.05) is 31.2 Å². The van der Waals surface area contributed by atoms with E-state index in [-0.39, 0.29) is 25.1 Å². The minimum atomic E-state index is -0.944. The average Bonchev–Trinajstić information content (AvgIpc) is 3.10. The zero-order chi connectivity index (χ0) is 16.7. The molecule has 0 saturated carbocycles. The molecule has 1 aliphatic carbocycles. The molecule has 1 saturated heterocycles. The molecule has 4 rings (SSSR count). The number of amides is 1. The Kier molecular flexibility index (Phi) is 3.75. The summed E-state index contributed by atoms with van der Waals surface area (Å²) in [5, 5.41) is 0. The summed E-state index contributed by atoms with van der Waals surface area (Å²) >= 11 is 0. The smallest absolute Gasteiger partial charge is 0.410 e. The molecule has 0 radical (unpaired) electrons. The molecule has 2 unspecified atom stereocenters. The summed E-state index contributed by atoms with van der Waals surface area (Å²) in [6.45, 7) is 2.28. The van der Waals surface area contributed by atoms with Gasteiger partial charge in [-0.1, -0.05) is 48.5 Å². The monoisotopic (exact) mass is 325 g/mol. The molecule has 3 nitrogen and oxygen atoms in total. The molecule has 2 aromatic carbocycles. The Balaban J connectivity index is 1.54. The number of likely N-dealkylation sites (tertiary alicyclic amines) is 1. The van der Waals surface area contributed by atoms with E-state index in [2.05, 4.69) is 24.3 Å². The molecule has 1 fully saturated rings. The van der Waals surface area contributed by atoms with Gasteiger partial charge in [0.1, 0.15) is 12.8 Å². The second-order valence-corrected chi connectivity index (χ2v) is 6.64. The first kappa shape index (κ1) is 15.2. The summed E-state index contributed by atoms with van der Waals surface area (Å²) < 4.78 is 19.0. The number of hydrogen-bond acceptors (Lipinski definition) is 2. The minimum absolute atomic E-state index is 0.0421. The number of hydrogen-bond donors (Lipinski definition) is 0. The first-order valence-corrected chi connectivity index (χ1v) is 8.41. The number of nitrogens with zero attached hydrogens (tertiary/aromatic N) is 1. The van der Waals surface area contributed by atoms with Crippen LogP contribution in [0.1, 0.15) is 30.4 Å². The van der Waals surface area contributed by atoms with Crippen LogP contribution in [0.25, 0.3) is 11.1 Å². The summed E-state index contributed by atoms with van der Waals surface area (Å²) in [7, 11) is 0. The molecule has 124 valence electrons. The van der Waals surface area contributed by atoms with Crippen molar-refractivity contribution in [3.05, 3.63) is 59.7 Å². The van der Waals surface area contributed by atoms with Crippen LogP contribution in [0.15, 0.2) is 48.5 Å². The SMILES string of the molecule is CC1CC(F)CN1C(=O)OCC1c2ccccc2-c2ccccc21. The fraction of sp³-hybridized carbons (Fsp3) is 0.350. The van der Waals surface area contributed by atoms with Gasteiger partial charge in [0, 0.05) is 18.4 Å². The zero-order valence-corrected chi connectivity index (χ0v) is 13.6. The van der Waals surface area contributed by atoms with Gasteiger partial charge < -0.3 is 9.64 Å². The fourth-order valence-electron chi connectivity index (χ4n) is 3.90. The minimum Gasteiger partial charge on any atom is -0.448 e. The molecular formula is C20H20FNO2. The van der Waals surface area contributed by atoms with Gasteiger partial charge in [0.25, 0.3) is 0 Å². The van der Waals surface area contributed by atoms with E-state index in [9.17, 15) is 9.18 Å². The largest absolute Gasteiger partial charge is 0.448 e. The number of fused-ring (bicyclic) bond motifs is 3. The van der Waals surface area contributed by atoms with Crippen molar-refractivity contribution in [2.45, 2.75) is 31.5 Å². The van der Waals surface area contributed by atoms with Gasteiger partial charge in [-0.25, -0.2) is 9.18 Å². The maximum atomic E-state index is 13.5. The number of carbonyl (C=O) groups excluding carboxylic acids is 1. The molecule has 2 aromatic rings. The molecule has 1 aliphatic heterocycles. The number of benzene rings is 2. The van der Waals surface area contributed by atoms with E-state index in [1.54, 1.807) is 0 Å². The number of carbonyl (C=O) groups is 1. The molecule has 0 aromatic heterocycles. The van der Waals surface area contributed by atoms with Crippen LogP contribution in [0.2, 0.25) is 0 Å². The Labute approximate surface area is 141 Å². The van der Waals surface area contributed by atoms with Crippen LogP contribution in [-0.2, 0) is 4.74 Å². The summed E-state index contributed by atoms with van der Waals surface area (Å²) in [6, 6.07) is 16.3. The lowest BCUT2D eigenvalue weighted by Gasteiger charge is -2.22. The second kappa shape index (κ2) is 5.93. The highest BCUT2D eigenvalue weighted by atomic mass is 19.1. The van der Waals surface area contributed by atoms with Gasteiger partial charge in [0.15, 0.2) is 0 Å². The van der Waals surface area contributed by atoms with Crippen LogP contribution in [-0.4, -0.2) is 36.4 Å². The molecule has 1 heterocycles. The van der Waals surface area contributed by atoms with Crippen LogP contribution >= 0.6 is 0 Å². The average molecular weight is 325 g/mol. The molecule has 0 bridgehead atoms. The fourth-order valence-corrected chi connectivity index (χ4v) is 3.90. The lowest BCUT2D eigenvalue weighted by atomic mass is 9.98. The van der Waals surface area contributed by atoms with Gasteiger partial charge in [-0.15, -0.1) is 0 Å². The van der Waals surface area contributed by atoms with Crippen LogP contribution in [0.4, 0.5) is 9.18 Å². The van der Waals surface area contributed by atoms with Crippen LogP contribution in [0.5, 0.6) is 0 Å². The lowest BCUT2D eigenvalue weighted by molar-refractivity contribution is 0.0963. The van der Waals surface area contributed by atoms with Crippen LogP contribution < -0.4 is 0 Å². The molecular weight excluding hydrogens is 305 g/mol. The van der Waals surface area contributed by atoms with Crippen LogP contribution in [0.3, 0.4) is 0 Å². The lowest BCUT2D eigenvalue weighted by Crippen LogP contribution is -2.35. The Morgan fingerprint density at radius 3 is 2.25 bits per heavy atom. The Hall–Kier alpha value is -2.36. The van der Waals surface area contributed by atoms with E-state index in [0.29, 0.717) is 6.42 Å². The van der Waals surface area contributed by atoms with E-state index in [0.717, 1.165) is 0 Å². The second-order valence-electron chi connectivity index (χ2n) is 6.64. The predicted octanol–water partition coefficient (Wildman–Crippen LogP) is 4.37. The van der Waals surface area contributed by atoms with E-state index in [4.69, 9.17) is 4.74 Å². The highest BCUT2D eigenvalue weighted by Gasteiger charge is 2.35. The van der Waals surface area contributed by atoms with Gasteiger partial charge in [-0.3, -0.25) is 0 Å². The molecule has 0 N–H and O–H groups in total. The highest BCUT2D eigenvalue weighted by Crippen LogP contribution is 2.44. The predicted molar refractivity (Wildman–Crippen MR) is 90.8 cm³/mol. The van der Waals surface area contributed by atoms with E-state index >= 15 is 0 Å². The van der Waals surface area contributed by atoms with Crippen molar-refractivity contribution in [2.24, 2.45) is 0 Å². The van der Waals surface area contributed by atoms with Crippen molar-refractivity contribution < 1.29 is 13.9 Å². The van der Waals surface area contributed by atoms with E-state index in [1.165, 1.54) is 27.2 Å². The number of alkyl halides is 1. The molecule has 4 heteroatoms. The van der Waals surface area contributed by atoms with Crippen LogP contribution in [0, 0.1) is 0 Å². The van der Waals surface area contributed by atoms with Crippen molar-refractivity contribution in [1.29, 1.82) is 0 Å². The summed E-state index contributed by atoms with van der Waals surface area (Å²) in [6.07, 6.45) is -0.963. The third-order valence-corrected chi connectivity index (χ3v) is 5.09. The summed E-state index contributed by atoms with van der Waals surface area (Å²) in [4.78, 5) is 13.8. The molecule has 1 amide bonds. The Morgan fingerprint density at radius 1 is 1.12 bits per heavy atom. The van der Waals surface area contributed by atoms with E-state index < -0.39 is 12.3 Å². The maximum absolute atomic E-state index is 13.5. The van der Waals surface area contributed by atoms with Gasteiger partial charge in [0.05, 0.1) is 6.54 Å². The highest BCUT2D eigenvalue weighted by molar-refractivity contribution is 5.79. The first-order chi connectivity index (χ1) is 11.6. The van der Waals surface area contributed by atoms with Crippen molar-refractivity contribution in [1.82, 2.24) is 4.90 Å². The van der Waals surface area contributed by atoms with Crippen molar-refractivity contribution in [3.8, 4) is 11.1 Å². The Morgan fingerprint density at radius 2 is 1.71 bits per heavy atom. The van der Waals surface area contributed by atoms with Crippen molar-refractivity contribution >= 4 is 6.09 Å². The number of ether oxygens (including phenoxy) is 1. The zero-order valence-electron chi connectivity index (χ0n) is 13.6. The molecule has 0 spiro atoms. The summed E-state index contributed by atoms with van der Waals surface area (Å²) in [5.74, 6) is 0.0421. The topological polar surface area (TPSA) is 29.5 Å². The third-order valence-electron chi connectivity index (χ3n) is 5.09. The van der Waals surface area contributed by atoms with Gasteiger partial charge in [-0.2, -0.15) is 0 Å². The van der Waals surface area contributed by atoms with Crippen molar-refractivity contribution in [3.63, 3.8) is 0 Å². The standard InChI is InChI=1S/C20H20FNO2/c1-13-10-14(21)11-22(13)20(23)24-12-19-17-8-4-2-6-15(17)16-7-3-5-9-18(16)19/h2-9,13-14,19H,10-12H2,1H3. The molecule has 2 aliphatic rings. The molecule has 2 atom stereocenters. The summed E-state index contributed by atoms with van der Waals surface area (Å²) in [5.41, 5.74) is 4.77. The third kappa shape index (κ3) is 2.46. The first-order valence-electron chi connectivity index (χ1n) is 8.41. The van der Waals surface area contributed by atoms with Gasteiger partial charge in [0.2, 0.25) is 0 Å². The number of rotatable bonds is 2. The maximum Gasteiger partial charge on any atom is 0.410 e. The normalized spacial score (nSPS) is 22.3. The van der Waals surface area contributed by atoms with Crippen molar-refractivity contribution in [2.75, 3.05) is 13.2 Å². The van der Waals surface area contributed by atoms with Gasteiger partial charge >= 0.3 is 6.09 Å². The Bertz CT molecular complexity index is 730.